The van der Waals surface area contributed by atoms with E-state index in [1.165, 1.54) is 41.8 Å². The molecule has 0 saturated heterocycles. The van der Waals surface area contributed by atoms with E-state index in [9.17, 15) is 9.90 Å². The van der Waals surface area contributed by atoms with Crippen LogP contribution in [0.5, 0.6) is 0 Å². The van der Waals surface area contributed by atoms with E-state index in [2.05, 4.69) is 56.0 Å². The van der Waals surface area contributed by atoms with Crippen molar-refractivity contribution in [3.63, 3.8) is 0 Å². The van der Waals surface area contributed by atoms with Crippen molar-refractivity contribution in [3.05, 3.63) is 64.4 Å². The molecule has 0 spiro atoms. The van der Waals surface area contributed by atoms with Gasteiger partial charge >= 0.3 is 147 Å². The van der Waals surface area contributed by atoms with Gasteiger partial charge in [0.1, 0.15) is 0 Å². The van der Waals surface area contributed by atoms with Crippen LogP contribution in [0.15, 0.2) is 47.2 Å². The zero-order chi connectivity index (χ0) is 27.8. The average molecular weight is 788 g/mol. The number of aliphatic hydroxyl groups excluding tert-OH is 1. The number of nitrogens with zero attached hydrogens (tertiary/aromatic N) is 1. The number of carbonyl (C=O) groups is 1. The molecule has 0 amide bonds. The topological polar surface area (TPSA) is 50.2 Å². The largest absolute Gasteiger partial charge is 0 e. The second-order valence-corrected chi connectivity index (χ2v) is 13.3. The summed E-state index contributed by atoms with van der Waals surface area (Å²) >= 11 is 2.27. The Bertz CT molecular complexity index is 1380. The Morgan fingerprint density at radius 3 is 2.23 bits per heavy atom. The maximum atomic E-state index is 11.7. The van der Waals surface area contributed by atoms with Crippen LogP contribution in [0.1, 0.15) is 78.4 Å². The molecule has 0 atom stereocenters. The third-order valence-corrected chi connectivity index (χ3v) is 10.5. The molecule has 3 heterocycles. The van der Waals surface area contributed by atoms with Gasteiger partial charge in [-0.15, -0.1) is 0 Å². The minimum absolute atomic E-state index is 0. The zero-order valence-corrected chi connectivity index (χ0v) is 29.2. The number of aromatic nitrogens is 1. The van der Waals surface area contributed by atoms with Gasteiger partial charge in [-0.05, 0) is 25.7 Å². The number of aliphatic hydroxyl groups is 1. The number of pyridine rings is 1. The SMILES string of the molecule is CCC(CC)C(=O)/C=C(\O)C(CC)CC.Cc1[c-]c(-c2nccc3c2sc2c(CC(C)C)cccc23)[se]c1.[Ir]. The fraction of sp³-hybridized carbons (Fsp3) is 0.455. The minimum atomic E-state index is 0. The molecule has 4 rings (SSSR count). The molecule has 0 aliphatic carbocycles. The van der Waals surface area contributed by atoms with Crippen molar-refractivity contribution >= 4 is 51.8 Å². The number of carbonyl (C=O) groups excluding carboxylic acids is 1. The maximum absolute atomic E-state index is 11.7. The Morgan fingerprint density at radius 1 is 1.03 bits per heavy atom. The van der Waals surface area contributed by atoms with Gasteiger partial charge in [0, 0.05) is 38.0 Å². The van der Waals surface area contributed by atoms with Gasteiger partial charge in [-0.1, -0.05) is 27.7 Å². The summed E-state index contributed by atoms with van der Waals surface area (Å²) in [5, 5.41) is 12.5. The van der Waals surface area contributed by atoms with Crippen LogP contribution in [0, 0.1) is 30.7 Å². The molecule has 4 aromatic rings. The van der Waals surface area contributed by atoms with E-state index in [1.54, 1.807) is 0 Å². The summed E-state index contributed by atoms with van der Waals surface area (Å²) in [5.41, 5.74) is 3.86. The second-order valence-electron chi connectivity index (χ2n) is 10.4. The van der Waals surface area contributed by atoms with E-state index in [0.29, 0.717) is 20.4 Å². The van der Waals surface area contributed by atoms with Crippen LogP contribution >= 0.6 is 11.3 Å². The number of benzene rings is 1. The summed E-state index contributed by atoms with van der Waals surface area (Å²) in [5.74, 6) is 1.22. The number of aryl methyl sites for hydroxylation is 1. The zero-order valence-electron chi connectivity index (χ0n) is 24.3. The molecule has 0 fully saturated rings. The van der Waals surface area contributed by atoms with E-state index in [-0.39, 0.29) is 43.5 Å². The number of ketones is 1. The van der Waals surface area contributed by atoms with Crippen molar-refractivity contribution in [3.8, 4) is 10.1 Å². The molecule has 3 aromatic heterocycles. The maximum Gasteiger partial charge on any atom is 0 e. The first-order valence-corrected chi connectivity index (χ1v) is 16.6. The Morgan fingerprint density at radius 2 is 1.67 bits per heavy atom. The molecular weight excluding hydrogens is 746 g/mol. The van der Waals surface area contributed by atoms with Crippen molar-refractivity contribution in [2.24, 2.45) is 17.8 Å². The molecule has 39 heavy (non-hydrogen) atoms. The summed E-state index contributed by atoms with van der Waals surface area (Å²) in [6.07, 6.45) is 7.99. The predicted molar refractivity (Wildman–Crippen MR) is 165 cm³/mol. The van der Waals surface area contributed by atoms with E-state index in [0.717, 1.165) is 37.8 Å². The van der Waals surface area contributed by atoms with Crippen LogP contribution in [0.3, 0.4) is 0 Å². The van der Waals surface area contributed by atoms with Crippen molar-refractivity contribution < 1.29 is 30.0 Å². The van der Waals surface area contributed by atoms with Crippen molar-refractivity contribution in [2.75, 3.05) is 0 Å². The molecule has 0 saturated carbocycles. The van der Waals surface area contributed by atoms with E-state index < -0.39 is 0 Å². The summed E-state index contributed by atoms with van der Waals surface area (Å²) in [6, 6.07) is 12.4. The second kappa shape index (κ2) is 16.0. The molecule has 0 aliphatic heterocycles. The van der Waals surface area contributed by atoms with Gasteiger partial charge in [0.15, 0.2) is 5.78 Å². The normalized spacial score (nSPS) is 11.8. The van der Waals surface area contributed by atoms with Gasteiger partial charge in [0.25, 0.3) is 0 Å². The van der Waals surface area contributed by atoms with Crippen LogP contribution in [0.25, 0.3) is 30.3 Å². The monoisotopic (exact) mass is 789 g/mol. The number of thiophene rings is 1. The Hall–Kier alpha value is -1.55. The van der Waals surface area contributed by atoms with Crippen LogP contribution in [-0.2, 0) is 31.3 Å². The standard InChI is InChI=1S/C20H18NSSe.C13H24O2.Ir/c1-12(2)9-14-5-4-6-15-16-7-8-21-18(20(16)22-19(14)15)17-10-13(3)11-23-17;1-5-10(6-2)12(14)9-13(15)11(7-3)8-4;/h4-8,11-12H,9H2,1-3H3;9-11,14H,5-8H2,1-4H3;/q-1;;/b;12-9-;. The van der Waals surface area contributed by atoms with Gasteiger partial charge in [-0.25, -0.2) is 0 Å². The van der Waals surface area contributed by atoms with E-state index in [4.69, 9.17) is 4.98 Å². The van der Waals surface area contributed by atoms with E-state index in [1.807, 2.05) is 45.2 Å². The Balaban J connectivity index is 0.000000294. The third-order valence-electron chi connectivity index (χ3n) is 7.08. The fourth-order valence-electron chi connectivity index (χ4n) is 4.83. The number of hydrogen-bond acceptors (Lipinski definition) is 4. The first-order valence-electron chi connectivity index (χ1n) is 13.9. The quantitative estimate of drug-likeness (QED) is 0.0755. The molecule has 1 radical (unpaired) electrons. The number of hydrogen-bond donors (Lipinski definition) is 1. The average Bonchev–Trinajstić information content (AvgIpc) is 3.50. The molecule has 1 aromatic carbocycles. The van der Waals surface area contributed by atoms with Crippen molar-refractivity contribution in [1.29, 1.82) is 0 Å². The molecule has 3 nitrogen and oxygen atoms in total. The first-order chi connectivity index (χ1) is 18.2. The molecule has 0 bridgehead atoms. The Labute approximate surface area is 258 Å². The summed E-state index contributed by atoms with van der Waals surface area (Å²) in [7, 11) is 0. The van der Waals surface area contributed by atoms with Crippen LogP contribution in [0.2, 0.25) is 0 Å². The summed E-state index contributed by atoms with van der Waals surface area (Å²) in [6.45, 7) is 14.8. The number of fused-ring (bicyclic) bond motifs is 3. The molecule has 0 unspecified atom stereocenters. The van der Waals surface area contributed by atoms with Gasteiger partial charge in [0.2, 0.25) is 0 Å². The van der Waals surface area contributed by atoms with Gasteiger partial charge in [0.05, 0.1) is 5.76 Å². The first kappa shape index (κ1) is 33.7. The summed E-state index contributed by atoms with van der Waals surface area (Å²) < 4.78 is 4.05. The number of allylic oxidation sites excluding steroid dienone is 2. The molecule has 1 N–H and O–H groups in total. The van der Waals surface area contributed by atoms with Crippen molar-refractivity contribution in [1.82, 2.24) is 4.98 Å². The van der Waals surface area contributed by atoms with Gasteiger partial charge < -0.3 is 5.11 Å². The van der Waals surface area contributed by atoms with Crippen molar-refractivity contribution in [2.45, 2.75) is 80.6 Å². The van der Waals surface area contributed by atoms with Crippen LogP contribution in [0.4, 0.5) is 0 Å². The number of rotatable bonds is 10. The van der Waals surface area contributed by atoms with Crippen LogP contribution < -0.4 is 0 Å². The molecular formula is C33H42IrNO2SSe-. The summed E-state index contributed by atoms with van der Waals surface area (Å²) in [4.78, 5) is 18.7. The molecule has 213 valence electrons. The van der Waals surface area contributed by atoms with Crippen LogP contribution in [-0.4, -0.2) is 30.4 Å². The van der Waals surface area contributed by atoms with Gasteiger partial charge in [-0.3, -0.25) is 4.79 Å². The fourth-order valence-corrected chi connectivity index (χ4v) is 8.05. The predicted octanol–water partition coefficient (Wildman–Crippen LogP) is 9.35. The van der Waals surface area contributed by atoms with E-state index >= 15 is 0 Å². The Kier molecular flexibility index (Phi) is 13.8. The molecule has 6 heteroatoms. The molecule has 0 aliphatic rings. The smallest absolute Gasteiger partial charge is 0 e. The minimum Gasteiger partial charge on any atom is 0 e. The third kappa shape index (κ3) is 8.47. The van der Waals surface area contributed by atoms with Gasteiger partial charge in [-0.2, -0.15) is 0 Å².